The summed E-state index contributed by atoms with van der Waals surface area (Å²) in [5.74, 6) is 0. The lowest BCUT2D eigenvalue weighted by atomic mass is 12.0. The van der Waals surface area contributed by atoms with Crippen LogP contribution in [0.3, 0.4) is 0 Å². The van der Waals surface area contributed by atoms with E-state index >= 15 is 0 Å². The number of rotatable bonds is 0. The first-order valence-electron chi connectivity index (χ1n) is 0.533. The van der Waals surface area contributed by atoms with Gasteiger partial charge < -0.3 is 5.48 Å². The summed E-state index contributed by atoms with van der Waals surface area (Å²) in [6, 6.07) is 0. The molecule has 0 radical (unpaired) electrons. The van der Waals surface area contributed by atoms with Gasteiger partial charge in [-0.05, 0) is 0 Å². The highest BCUT2D eigenvalue weighted by atomic mass is 17.0. The summed E-state index contributed by atoms with van der Waals surface area (Å²) in [6.07, 6.45) is 0. The zero-order chi connectivity index (χ0) is 6.00. The first-order valence-corrected chi connectivity index (χ1v) is 0.533. The molecule has 0 aromatic carbocycles. The summed E-state index contributed by atoms with van der Waals surface area (Å²) in [5, 5.41) is 12.0. The van der Waals surface area contributed by atoms with Crippen molar-refractivity contribution in [1.29, 1.82) is 0 Å². The highest BCUT2D eigenvalue weighted by Gasteiger charge is 0.746. The van der Waals surface area contributed by atoms with Crippen LogP contribution in [-0.2, 0) is 0 Å². The van der Waals surface area contributed by atoms with E-state index in [2.05, 4.69) is 0 Å². The third-order valence-electron chi connectivity index (χ3n) is 0. The van der Waals surface area contributed by atoms with Crippen molar-refractivity contribution in [3.05, 3.63) is 19.9 Å². The molecule has 0 aromatic heterocycles. The van der Waals surface area contributed by atoms with E-state index in [9.17, 15) is 0 Å². The second kappa shape index (κ2) is 700. The van der Waals surface area contributed by atoms with Crippen molar-refractivity contribution in [3.63, 3.8) is 0 Å². The van der Waals surface area contributed by atoms with Gasteiger partial charge in [0.15, 0.2) is 0 Å². The monoisotopic (exact) mass is 180 g/mol. The first kappa shape index (κ1) is 192. The summed E-state index contributed by atoms with van der Waals surface area (Å²) in [7, 11) is 0. The fraction of sp³-hybridized carbons (Fsp3) is 1.00. The summed E-state index contributed by atoms with van der Waals surface area (Å²) in [4.78, 5) is 28.0. The van der Waals surface area contributed by atoms with Gasteiger partial charge >= 0.3 is 0 Å². The Kier molecular flexibility index (Phi) is 12200. The molecule has 78 valence electrons. The zero-order valence-corrected chi connectivity index (χ0v) is 3.03. The minimum atomic E-state index is 0. The Balaban J connectivity index is -0.00000000167. The Bertz CT molecular complexity index is 12.4. The summed E-state index contributed by atoms with van der Waals surface area (Å²) < 4.78 is 0. The minimum Gasteiger partial charge on any atom is -0.412 e. The second-order valence-corrected chi connectivity index (χ2v) is 0. The van der Waals surface area contributed by atoms with Crippen LogP contribution in [0.4, 0.5) is 0 Å². The van der Waals surface area contributed by atoms with Crippen LogP contribution in [0.25, 0.3) is 0 Å². The normalized spacial score (nSPS) is 1.27. The molecule has 0 aliphatic rings. The predicted octanol–water partition coefficient (Wildman–Crippen LogP) is 1.87. The Morgan fingerprint density at radius 3 is 0.545 bits per heavy atom. The molecule has 0 saturated heterocycles. The van der Waals surface area contributed by atoms with Crippen LogP contribution in [0.1, 0.15) is 29.7 Å². The molecule has 7 nitrogen and oxygen atoms in total. The molecular weight excluding hydrogens is 160 g/mol. The molecule has 0 aliphatic carbocycles. The van der Waals surface area contributed by atoms with Crippen LogP contribution >= 0.6 is 0 Å². The van der Waals surface area contributed by atoms with Crippen LogP contribution in [0, 0.1) is 19.9 Å². The molecule has 0 bridgehead atoms. The van der Waals surface area contributed by atoms with Crippen molar-refractivity contribution < 1.29 is 16.0 Å². The summed E-state index contributed by atoms with van der Waals surface area (Å²) >= 11 is 0. The minimum absolute atomic E-state index is 0. The molecule has 7 heteroatoms. The van der Waals surface area contributed by atoms with E-state index in [-0.39, 0.29) is 35.2 Å². The van der Waals surface area contributed by atoms with Gasteiger partial charge in [0, 0.05) is 19.9 Å². The maximum absolute atomic E-state index is 7.00. The van der Waals surface area contributed by atoms with Crippen LogP contribution in [-0.4, -0.2) is 16.0 Å². The zero-order valence-electron chi connectivity index (χ0n) is 3.03. The summed E-state index contributed by atoms with van der Waals surface area (Å²) in [6.45, 7) is 0. The first-order chi connectivity index (χ1) is 3.00. The molecule has 0 fully saturated rings. The molecule has 0 saturated carbocycles. The van der Waals surface area contributed by atoms with Crippen LogP contribution in [0.15, 0.2) is 0 Å². The lowest BCUT2D eigenvalue weighted by Crippen LogP contribution is -1.29. The smallest absolute Gasteiger partial charge is 0 e. The topological polar surface area (TPSA) is 140 Å². The average molecular weight is 180 g/mol. The Morgan fingerprint density at radius 2 is 0.545 bits per heavy atom. The molecule has 0 rings (SSSR count). The van der Waals surface area contributed by atoms with Crippen LogP contribution < -0.4 is 0 Å². The second-order valence-electron chi connectivity index (χ2n) is 0. The van der Waals surface area contributed by atoms with Crippen molar-refractivity contribution >= 4 is 0 Å². The molecule has 0 atom stereocenters. The van der Waals surface area contributed by atoms with Gasteiger partial charge in [-0.1, -0.05) is 29.7 Å². The molecule has 0 aliphatic heterocycles. The average Bonchev–Trinajstić information content (AvgIpc) is 1.81. The van der Waals surface area contributed by atoms with Gasteiger partial charge in [-0.15, -0.1) is 0 Å². The van der Waals surface area contributed by atoms with Gasteiger partial charge in [0.1, 0.15) is 0 Å². The maximum Gasteiger partial charge on any atom is 0 e. The highest BCUT2D eigenvalue weighted by molar-refractivity contribution is 4.08. The molecule has 0 unspecified atom stereocenters. The molecule has 0 heterocycles. The van der Waals surface area contributed by atoms with Gasteiger partial charge in [-0.3, -0.25) is 10.5 Å². The third kappa shape index (κ3) is 538. The SMILES string of the molecule is C.C.C.C.O.O=O.O=O.OO. The van der Waals surface area contributed by atoms with E-state index in [4.69, 9.17) is 30.4 Å². The largest absolute Gasteiger partial charge is 0.412 e. The van der Waals surface area contributed by atoms with Crippen molar-refractivity contribution in [1.82, 2.24) is 0 Å². The standard InChI is InChI=1S/4CH4.H2O2.2O2.H2O/c;;;;3*1-2;/h4*1H4;1-2H;;;1H2. The number of hydrogen-bond donors (Lipinski definition) is 2. The van der Waals surface area contributed by atoms with Gasteiger partial charge in [-0.2, -0.15) is 0 Å². The van der Waals surface area contributed by atoms with Crippen LogP contribution in [0.5, 0.6) is 0 Å². The molecule has 0 aromatic rings. The van der Waals surface area contributed by atoms with E-state index in [0.29, 0.717) is 0 Å². The van der Waals surface area contributed by atoms with Crippen molar-refractivity contribution in [2.75, 3.05) is 0 Å². The quantitative estimate of drug-likeness (QED) is 0.430. The molecule has 0 amide bonds. The fourth-order valence-corrected chi connectivity index (χ4v) is 0. The molecule has 0 spiro atoms. The van der Waals surface area contributed by atoms with E-state index < -0.39 is 0 Å². The van der Waals surface area contributed by atoms with Gasteiger partial charge in [0.05, 0.1) is 0 Å². The molecule has 11 heavy (non-hydrogen) atoms. The van der Waals surface area contributed by atoms with Crippen molar-refractivity contribution in [3.8, 4) is 0 Å². The van der Waals surface area contributed by atoms with Crippen molar-refractivity contribution in [2.24, 2.45) is 0 Å². The molecular formula is C4H20O7. The Morgan fingerprint density at radius 1 is 0.545 bits per heavy atom. The fourth-order valence-electron chi connectivity index (χ4n) is 0. The summed E-state index contributed by atoms with van der Waals surface area (Å²) in [5.41, 5.74) is 0. The highest BCUT2D eigenvalue weighted by Crippen LogP contribution is 0.743. The van der Waals surface area contributed by atoms with Gasteiger partial charge in [0.2, 0.25) is 0 Å². The Hall–Kier alpha value is -0.920. The van der Waals surface area contributed by atoms with E-state index in [0.717, 1.165) is 0 Å². The predicted molar refractivity (Wildman–Crippen MR) is 49.3 cm³/mol. The lowest BCUT2D eigenvalue weighted by molar-refractivity contribution is -0.176. The number of hydrogen-bond acceptors (Lipinski definition) is 6. The van der Waals surface area contributed by atoms with Crippen molar-refractivity contribution in [2.45, 2.75) is 29.7 Å². The maximum atomic E-state index is 7.00. The third-order valence-corrected chi connectivity index (χ3v) is 0. The van der Waals surface area contributed by atoms with E-state index in [1.165, 1.54) is 0 Å². The van der Waals surface area contributed by atoms with Gasteiger partial charge in [-0.25, -0.2) is 0 Å². The van der Waals surface area contributed by atoms with E-state index in [1.54, 1.807) is 0 Å². The van der Waals surface area contributed by atoms with E-state index in [1.807, 2.05) is 0 Å². The Labute approximate surface area is 66.7 Å². The molecule has 4 N–H and O–H groups in total. The van der Waals surface area contributed by atoms with Crippen LogP contribution in [0.2, 0.25) is 0 Å². The van der Waals surface area contributed by atoms with Gasteiger partial charge in [0.25, 0.3) is 0 Å². The lowest BCUT2D eigenvalue weighted by Gasteiger charge is -1.25.